The van der Waals surface area contributed by atoms with E-state index >= 15 is 0 Å². The zero-order valence-corrected chi connectivity index (χ0v) is 14.8. The molecule has 0 unspecified atom stereocenters. The van der Waals surface area contributed by atoms with Gasteiger partial charge in [-0.3, -0.25) is 9.59 Å². The van der Waals surface area contributed by atoms with Crippen LogP contribution in [0.2, 0.25) is 0 Å². The minimum atomic E-state index is -0.151. The zero-order valence-electron chi connectivity index (χ0n) is 14.8. The van der Waals surface area contributed by atoms with Gasteiger partial charge < -0.3 is 15.1 Å². The van der Waals surface area contributed by atoms with Crippen LogP contribution < -0.4 is 10.2 Å². The first-order valence-electron chi connectivity index (χ1n) is 8.56. The van der Waals surface area contributed by atoms with E-state index in [9.17, 15) is 9.59 Å². The van der Waals surface area contributed by atoms with E-state index in [1.54, 1.807) is 18.0 Å². The van der Waals surface area contributed by atoms with Crippen LogP contribution in [0.4, 0.5) is 5.69 Å². The van der Waals surface area contributed by atoms with E-state index in [0.717, 1.165) is 31.4 Å². The molecule has 1 aromatic rings. The van der Waals surface area contributed by atoms with Crippen LogP contribution in [0.25, 0.3) is 6.08 Å². The van der Waals surface area contributed by atoms with E-state index < -0.39 is 0 Å². The third-order valence-corrected chi connectivity index (χ3v) is 4.29. The van der Waals surface area contributed by atoms with E-state index in [2.05, 4.69) is 29.4 Å². The number of carbonyl (C=O) groups excluding carboxylic acids is 2. The molecule has 1 aromatic carbocycles. The lowest BCUT2D eigenvalue weighted by Crippen LogP contribution is -2.39. The number of nitrogens with one attached hydrogen (secondary N) is 1. The number of benzene rings is 1. The molecule has 5 nitrogen and oxygen atoms in total. The van der Waals surface area contributed by atoms with Crippen LogP contribution in [0, 0.1) is 0 Å². The van der Waals surface area contributed by atoms with Crippen LogP contribution in [0.3, 0.4) is 0 Å². The summed E-state index contributed by atoms with van der Waals surface area (Å²) in [5.41, 5.74) is 3.62. The van der Waals surface area contributed by atoms with E-state index in [4.69, 9.17) is 0 Å². The van der Waals surface area contributed by atoms with Crippen LogP contribution in [0.1, 0.15) is 30.9 Å². The van der Waals surface area contributed by atoms with E-state index in [-0.39, 0.29) is 18.4 Å². The fraction of sp³-hybridized carbons (Fsp3) is 0.474. The topological polar surface area (TPSA) is 52.7 Å². The SMILES string of the molecule is CCCN(CC(=O)NC)C(=O)/C=C\c1ccc2c(c1)CCCN2C. The Bertz CT molecular complexity index is 625. The second-order valence-corrected chi connectivity index (χ2v) is 6.18. The van der Waals surface area contributed by atoms with Gasteiger partial charge in [-0.15, -0.1) is 0 Å². The maximum absolute atomic E-state index is 12.3. The predicted octanol–water partition coefficient (Wildman–Crippen LogP) is 2.07. The third kappa shape index (κ3) is 4.60. The number of anilines is 1. The van der Waals surface area contributed by atoms with Crippen LogP contribution >= 0.6 is 0 Å². The number of aryl methyl sites for hydroxylation is 1. The van der Waals surface area contributed by atoms with Gasteiger partial charge in [-0.1, -0.05) is 13.0 Å². The first kappa shape index (κ1) is 18.0. The first-order valence-corrected chi connectivity index (χ1v) is 8.56. The van der Waals surface area contributed by atoms with Gasteiger partial charge in [0.05, 0.1) is 6.54 Å². The third-order valence-electron chi connectivity index (χ3n) is 4.29. The van der Waals surface area contributed by atoms with Crippen molar-refractivity contribution in [2.45, 2.75) is 26.2 Å². The van der Waals surface area contributed by atoms with Crippen molar-refractivity contribution in [2.24, 2.45) is 0 Å². The Morgan fingerprint density at radius 3 is 2.88 bits per heavy atom. The number of nitrogens with zero attached hydrogens (tertiary/aromatic N) is 2. The smallest absolute Gasteiger partial charge is 0.247 e. The van der Waals surface area contributed by atoms with Crippen molar-refractivity contribution >= 4 is 23.6 Å². The Morgan fingerprint density at radius 1 is 1.38 bits per heavy atom. The summed E-state index contributed by atoms with van der Waals surface area (Å²) in [6.07, 6.45) is 6.46. The van der Waals surface area contributed by atoms with Gasteiger partial charge in [0.25, 0.3) is 0 Å². The van der Waals surface area contributed by atoms with Crippen molar-refractivity contribution in [3.05, 3.63) is 35.4 Å². The van der Waals surface area contributed by atoms with E-state index in [0.29, 0.717) is 6.54 Å². The summed E-state index contributed by atoms with van der Waals surface area (Å²) in [5, 5.41) is 2.56. The fourth-order valence-corrected chi connectivity index (χ4v) is 2.97. The van der Waals surface area contributed by atoms with Crippen LogP contribution in [-0.4, -0.2) is 50.4 Å². The van der Waals surface area contributed by atoms with Gasteiger partial charge in [0.15, 0.2) is 0 Å². The van der Waals surface area contributed by atoms with Gasteiger partial charge in [-0.25, -0.2) is 0 Å². The van der Waals surface area contributed by atoms with Crippen LogP contribution in [-0.2, 0) is 16.0 Å². The summed E-state index contributed by atoms with van der Waals surface area (Å²) in [6.45, 7) is 3.76. The molecule has 24 heavy (non-hydrogen) atoms. The molecule has 0 saturated carbocycles. The van der Waals surface area contributed by atoms with Gasteiger partial charge in [0, 0.05) is 38.9 Å². The Kier molecular flexibility index (Phi) is 6.41. The van der Waals surface area contributed by atoms with Gasteiger partial charge in [-0.2, -0.15) is 0 Å². The molecule has 5 heteroatoms. The number of amides is 2. The van der Waals surface area contributed by atoms with Crippen molar-refractivity contribution in [1.29, 1.82) is 0 Å². The molecule has 1 heterocycles. The van der Waals surface area contributed by atoms with Crippen molar-refractivity contribution < 1.29 is 9.59 Å². The molecule has 2 amide bonds. The molecule has 130 valence electrons. The number of hydrogen-bond acceptors (Lipinski definition) is 3. The summed E-state index contributed by atoms with van der Waals surface area (Å²) in [7, 11) is 3.69. The quantitative estimate of drug-likeness (QED) is 0.813. The van der Waals surface area contributed by atoms with Crippen molar-refractivity contribution in [3.8, 4) is 0 Å². The highest BCUT2D eigenvalue weighted by atomic mass is 16.2. The molecule has 1 N–H and O–H groups in total. The molecule has 2 rings (SSSR count). The monoisotopic (exact) mass is 329 g/mol. The lowest BCUT2D eigenvalue weighted by Gasteiger charge is -2.27. The Hall–Kier alpha value is -2.30. The summed E-state index contributed by atoms with van der Waals surface area (Å²) in [6, 6.07) is 6.30. The molecule has 0 fully saturated rings. The average molecular weight is 329 g/mol. The maximum atomic E-state index is 12.3. The van der Waals surface area contributed by atoms with E-state index in [1.165, 1.54) is 11.3 Å². The number of carbonyl (C=O) groups is 2. The fourth-order valence-electron chi connectivity index (χ4n) is 2.97. The average Bonchev–Trinajstić information content (AvgIpc) is 2.59. The standard InChI is InChI=1S/C19H27N3O2/c1-4-11-22(14-18(23)20-2)19(24)10-8-15-7-9-17-16(13-15)6-5-12-21(17)3/h7-10,13H,4-6,11-12,14H2,1-3H3,(H,20,23)/b10-8-. The lowest BCUT2D eigenvalue weighted by atomic mass is 9.99. The molecular formula is C19H27N3O2. The Labute approximate surface area is 144 Å². The van der Waals surface area contributed by atoms with Gasteiger partial charge in [0.2, 0.25) is 11.8 Å². The summed E-state index contributed by atoms with van der Waals surface area (Å²) < 4.78 is 0. The molecule has 0 saturated heterocycles. The molecule has 0 spiro atoms. The molecule has 0 bridgehead atoms. The maximum Gasteiger partial charge on any atom is 0.247 e. The summed E-state index contributed by atoms with van der Waals surface area (Å²) in [5.74, 6) is -0.280. The summed E-state index contributed by atoms with van der Waals surface area (Å²) in [4.78, 5) is 27.7. The molecule has 0 aromatic heterocycles. The van der Waals surface area contributed by atoms with Crippen LogP contribution in [0.5, 0.6) is 0 Å². The van der Waals surface area contributed by atoms with Crippen molar-refractivity contribution in [1.82, 2.24) is 10.2 Å². The number of likely N-dealkylation sites (N-methyl/N-ethyl adjacent to an activating group) is 1. The van der Waals surface area contributed by atoms with E-state index in [1.807, 2.05) is 19.1 Å². The summed E-state index contributed by atoms with van der Waals surface area (Å²) >= 11 is 0. The highest BCUT2D eigenvalue weighted by Crippen LogP contribution is 2.27. The number of fused-ring (bicyclic) bond motifs is 1. The number of hydrogen-bond donors (Lipinski definition) is 1. The Balaban J connectivity index is 2.08. The zero-order chi connectivity index (χ0) is 17.5. The van der Waals surface area contributed by atoms with Gasteiger partial charge in [-0.05, 0) is 48.6 Å². The normalized spacial score (nSPS) is 13.7. The lowest BCUT2D eigenvalue weighted by molar-refractivity contribution is -0.132. The molecular weight excluding hydrogens is 302 g/mol. The largest absolute Gasteiger partial charge is 0.374 e. The highest BCUT2D eigenvalue weighted by molar-refractivity contribution is 5.94. The predicted molar refractivity (Wildman–Crippen MR) is 98.0 cm³/mol. The van der Waals surface area contributed by atoms with Gasteiger partial charge in [0.1, 0.15) is 0 Å². The first-order chi connectivity index (χ1) is 11.5. The minimum absolute atomic E-state index is 0.0997. The highest BCUT2D eigenvalue weighted by Gasteiger charge is 2.15. The minimum Gasteiger partial charge on any atom is -0.374 e. The number of rotatable bonds is 6. The Morgan fingerprint density at radius 2 is 2.17 bits per heavy atom. The molecule has 0 aliphatic carbocycles. The molecule has 1 aliphatic heterocycles. The molecule has 0 radical (unpaired) electrons. The molecule has 1 aliphatic rings. The second-order valence-electron chi connectivity index (χ2n) is 6.18. The van der Waals surface area contributed by atoms with Crippen LogP contribution in [0.15, 0.2) is 24.3 Å². The second kappa shape index (κ2) is 8.52. The molecule has 0 atom stereocenters. The van der Waals surface area contributed by atoms with Crippen molar-refractivity contribution in [3.63, 3.8) is 0 Å². The van der Waals surface area contributed by atoms with Gasteiger partial charge >= 0.3 is 0 Å². The van der Waals surface area contributed by atoms with Crippen molar-refractivity contribution in [2.75, 3.05) is 38.6 Å².